The third-order valence-corrected chi connectivity index (χ3v) is 4.22. The van der Waals surface area contributed by atoms with Crippen LogP contribution in [0.3, 0.4) is 0 Å². The van der Waals surface area contributed by atoms with E-state index in [1.165, 1.54) is 5.69 Å². The summed E-state index contributed by atoms with van der Waals surface area (Å²) in [5, 5.41) is 7.32. The second-order valence-corrected chi connectivity index (χ2v) is 5.60. The number of carbonyl (C=O) groups excluding carboxylic acids is 2. The normalized spacial score (nSPS) is 21.9. The van der Waals surface area contributed by atoms with Crippen molar-refractivity contribution in [2.75, 3.05) is 13.1 Å². The van der Waals surface area contributed by atoms with Gasteiger partial charge in [-0.15, -0.1) is 0 Å². The minimum Gasteiger partial charge on any atom is -0.348 e. The highest BCUT2D eigenvalue weighted by Crippen LogP contribution is 2.29. The van der Waals surface area contributed by atoms with Crippen LogP contribution in [0.15, 0.2) is 6.20 Å². The van der Waals surface area contributed by atoms with E-state index in [0.717, 1.165) is 31.2 Å². The number of carbonyl (C=O) groups is 2. The Balaban J connectivity index is 1.63. The fraction of sp³-hybridized carbons (Fsp3) is 0.643. The maximum atomic E-state index is 12.1. The van der Waals surface area contributed by atoms with E-state index < -0.39 is 0 Å². The second kappa shape index (κ2) is 5.26. The summed E-state index contributed by atoms with van der Waals surface area (Å²) >= 11 is 0. The monoisotopic (exact) mass is 276 g/mol. The smallest absolute Gasteiger partial charge is 0.240 e. The highest BCUT2D eigenvalue weighted by Gasteiger charge is 2.27. The number of rotatable bonds is 3. The predicted octanol–water partition coefficient (Wildman–Crippen LogP) is 0.536. The van der Waals surface area contributed by atoms with Crippen LogP contribution in [0.5, 0.6) is 0 Å². The van der Waals surface area contributed by atoms with E-state index in [0.29, 0.717) is 13.0 Å². The lowest BCUT2D eigenvalue weighted by Gasteiger charge is -2.25. The zero-order chi connectivity index (χ0) is 14.1. The number of fused-ring (bicyclic) bond motifs is 1. The molecule has 1 aromatic rings. The molecule has 1 unspecified atom stereocenters. The molecule has 1 aliphatic carbocycles. The van der Waals surface area contributed by atoms with Crippen LogP contribution in [0.25, 0.3) is 0 Å². The van der Waals surface area contributed by atoms with Gasteiger partial charge >= 0.3 is 0 Å². The van der Waals surface area contributed by atoms with Crippen LogP contribution in [0.2, 0.25) is 0 Å². The molecule has 1 N–H and O–H groups in total. The number of amides is 2. The maximum Gasteiger partial charge on any atom is 0.240 e. The number of nitrogens with zero attached hydrogens (tertiary/aromatic N) is 3. The molecule has 6 heteroatoms. The quantitative estimate of drug-likeness (QED) is 0.876. The second-order valence-electron chi connectivity index (χ2n) is 5.60. The highest BCUT2D eigenvalue weighted by molar-refractivity contribution is 5.86. The van der Waals surface area contributed by atoms with Gasteiger partial charge in [-0.3, -0.25) is 14.3 Å². The molecule has 1 fully saturated rings. The first kappa shape index (κ1) is 13.1. The van der Waals surface area contributed by atoms with E-state index in [1.807, 2.05) is 17.9 Å². The number of aryl methyl sites for hydroxylation is 1. The molecule has 3 rings (SSSR count). The summed E-state index contributed by atoms with van der Waals surface area (Å²) < 4.78 is 1.89. The van der Waals surface area contributed by atoms with Crippen molar-refractivity contribution in [1.82, 2.24) is 20.0 Å². The molecule has 2 heterocycles. The van der Waals surface area contributed by atoms with Gasteiger partial charge < -0.3 is 10.2 Å². The van der Waals surface area contributed by atoms with E-state index in [9.17, 15) is 9.59 Å². The molecule has 1 saturated heterocycles. The van der Waals surface area contributed by atoms with Gasteiger partial charge in [0.25, 0.3) is 0 Å². The Hall–Kier alpha value is -1.85. The topological polar surface area (TPSA) is 67.2 Å². The van der Waals surface area contributed by atoms with Gasteiger partial charge in [0.2, 0.25) is 11.8 Å². The van der Waals surface area contributed by atoms with Gasteiger partial charge in [0.15, 0.2) is 0 Å². The van der Waals surface area contributed by atoms with E-state index in [-0.39, 0.29) is 24.4 Å². The first-order chi connectivity index (χ1) is 9.65. The molecule has 1 aliphatic heterocycles. The molecule has 0 spiro atoms. The molecule has 0 bridgehead atoms. The van der Waals surface area contributed by atoms with Crippen LogP contribution in [0, 0.1) is 0 Å². The summed E-state index contributed by atoms with van der Waals surface area (Å²) in [5.41, 5.74) is 2.33. The molecule has 108 valence electrons. The summed E-state index contributed by atoms with van der Waals surface area (Å²) in [6.45, 7) is 0.889. The average Bonchev–Trinajstić information content (AvgIpc) is 2.98. The molecule has 1 aromatic heterocycles. The van der Waals surface area contributed by atoms with E-state index in [4.69, 9.17) is 0 Å². The summed E-state index contributed by atoms with van der Waals surface area (Å²) in [4.78, 5) is 25.3. The van der Waals surface area contributed by atoms with Crippen LogP contribution < -0.4 is 5.32 Å². The maximum absolute atomic E-state index is 12.1. The van der Waals surface area contributed by atoms with Gasteiger partial charge in [0, 0.05) is 31.3 Å². The lowest BCUT2D eigenvalue weighted by atomic mass is 9.93. The lowest BCUT2D eigenvalue weighted by molar-refractivity contribution is -0.133. The standard InChI is InChI=1S/C14H20N4O2/c1-17-12-5-2-4-11(10(12)8-15-17)16-13(19)9-18-7-3-6-14(18)20/h8,11H,2-7,9H2,1H3,(H,16,19). The van der Waals surface area contributed by atoms with Crippen LogP contribution in [0.1, 0.15) is 43.0 Å². The third kappa shape index (κ3) is 2.42. The number of likely N-dealkylation sites (tertiary alicyclic amines) is 1. The fourth-order valence-electron chi connectivity index (χ4n) is 3.14. The predicted molar refractivity (Wildman–Crippen MR) is 72.8 cm³/mol. The van der Waals surface area contributed by atoms with Crippen molar-refractivity contribution in [3.8, 4) is 0 Å². The van der Waals surface area contributed by atoms with Crippen molar-refractivity contribution in [3.63, 3.8) is 0 Å². The van der Waals surface area contributed by atoms with E-state index >= 15 is 0 Å². The summed E-state index contributed by atoms with van der Waals surface area (Å²) in [5.74, 6) is 0.0211. The fourth-order valence-corrected chi connectivity index (χ4v) is 3.14. The molecule has 6 nitrogen and oxygen atoms in total. The summed E-state index contributed by atoms with van der Waals surface area (Å²) in [6.07, 6.45) is 6.30. The molecule has 2 aliphatic rings. The Morgan fingerprint density at radius 1 is 1.45 bits per heavy atom. The molecular weight excluding hydrogens is 256 g/mol. The number of nitrogens with one attached hydrogen (secondary N) is 1. The van der Waals surface area contributed by atoms with Gasteiger partial charge in [-0.25, -0.2) is 0 Å². The summed E-state index contributed by atoms with van der Waals surface area (Å²) in [7, 11) is 1.94. The van der Waals surface area contributed by atoms with Crippen LogP contribution >= 0.6 is 0 Å². The van der Waals surface area contributed by atoms with Crippen molar-refractivity contribution in [2.45, 2.75) is 38.1 Å². The van der Waals surface area contributed by atoms with E-state index in [1.54, 1.807) is 4.90 Å². The number of hydrogen-bond acceptors (Lipinski definition) is 3. The number of aromatic nitrogens is 2. The zero-order valence-electron chi connectivity index (χ0n) is 11.8. The van der Waals surface area contributed by atoms with Gasteiger partial charge in [-0.05, 0) is 25.7 Å². The Kier molecular flexibility index (Phi) is 3.46. The molecular formula is C14H20N4O2. The molecule has 1 atom stereocenters. The Labute approximate surface area is 118 Å². The zero-order valence-corrected chi connectivity index (χ0v) is 11.8. The Morgan fingerprint density at radius 2 is 2.30 bits per heavy atom. The summed E-state index contributed by atoms with van der Waals surface area (Å²) in [6, 6.07) is 0.0395. The largest absolute Gasteiger partial charge is 0.348 e. The first-order valence-electron chi connectivity index (χ1n) is 7.23. The van der Waals surface area contributed by atoms with Crippen LogP contribution in [-0.4, -0.2) is 39.6 Å². The van der Waals surface area contributed by atoms with Gasteiger partial charge in [-0.1, -0.05) is 0 Å². The van der Waals surface area contributed by atoms with Crippen molar-refractivity contribution < 1.29 is 9.59 Å². The van der Waals surface area contributed by atoms with Crippen molar-refractivity contribution in [2.24, 2.45) is 7.05 Å². The third-order valence-electron chi connectivity index (χ3n) is 4.22. The SMILES string of the molecule is Cn1ncc2c1CCCC2NC(=O)CN1CCCC1=O. The van der Waals surface area contributed by atoms with Gasteiger partial charge in [0.1, 0.15) is 0 Å². The molecule has 2 amide bonds. The van der Waals surface area contributed by atoms with Crippen LogP contribution in [0.4, 0.5) is 0 Å². The van der Waals surface area contributed by atoms with Crippen molar-refractivity contribution in [3.05, 3.63) is 17.5 Å². The minimum atomic E-state index is -0.0676. The highest BCUT2D eigenvalue weighted by atomic mass is 16.2. The van der Waals surface area contributed by atoms with Crippen molar-refractivity contribution in [1.29, 1.82) is 0 Å². The minimum absolute atomic E-state index is 0.0395. The van der Waals surface area contributed by atoms with E-state index in [2.05, 4.69) is 10.4 Å². The molecule has 0 radical (unpaired) electrons. The molecule has 20 heavy (non-hydrogen) atoms. The average molecular weight is 276 g/mol. The lowest BCUT2D eigenvalue weighted by Crippen LogP contribution is -2.40. The molecule has 0 aromatic carbocycles. The van der Waals surface area contributed by atoms with Gasteiger partial charge in [-0.2, -0.15) is 5.10 Å². The first-order valence-corrected chi connectivity index (χ1v) is 7.23. The van der Waals surface area contributed by atoms with Crippen molar-refractivity contribution >= 4 is 11.8 Å². The Morgan fingerprint density at radius 3 is 3.05 bits per heavy atom. The Bertz CT molecular complexity index is 537. The number of hydrogen-bond donors (Lipinski definition) is 1. The molecule has 0 saturated carbocycles. The van der Waals surface area contributed by atoms with Gasteiger partial charge in [0.05, 0.1) is 18.8 Å². The van der Waals surface area contributed by atoms with Crippen LogP contribution in [-0.2, 0) is 23.1 Å².